The van der Waals surface area contributed by atoms with E-state index < -0.39 is 86.8 Å². The molecule has 10 atom stereocenters. The summed E-state index contributed by atoms with van der Waals surface area (Å²) in [6, 6.07) is 6.58. The zero-order valence-electron chi connectivity index (χ0n) is 23.1. The molecule has 2 unspecified atom stereocenters. The van der Waals surface area contributed by atoms with Crippen molar-refractivity contribution in [2.45, 2.75) is 49.1 Å². The molecule has 3 aliphatic heterocycles. The number of nitrogen functional groups attached to an aromatic ring is 1. The van der Waals surface area contributed by atoms with Gasteiger partial charge in [-0.05, 0) is 35.7 Å². The molecule has 3 aromatic heterocycles. The number of anilines is 1. The van der Waals surface area contributed by atoms with Gasteiger partial charge in [-0.25, -0.2) is 9.97 Å². The number of para-hydroxylation sites is 1. The van der Waals surface area contributed by atoms with E-state index in [0.717, 1.165) is 4.57 Å². The topological polar surface area (TPSA) is 261 Å². The van der Waals surface area contributed by atoms with Gasteiger partial charge in [-0.3, -0.25) is 32.8 Å². The third-order valence-electron chi connectivity index (χ3n) is 7.62. The number of hydrogen-bond acceptors (Lipinski definition) is 16. The van der Waals surface area contributed by atoms with Crippen LogP contribution in [0.25, 0.3) is 22.1 Å². The number of aliphatic hydroxyl groups excluding tert-OH is 2. The van der Waals surface area contributed by atoms with Gasteiger partial charge in [0.1, 0.15) is 43.0 Å². The number of benzene rings is 1. The second-order valence-corrected chi connectivity index (χ2v) is 16.1. The molecular weight excluding hydrogens is 692 g/mol. The van der Waals surface area contributed by atoms with Crippen LogP contribution in [0.1, 0.15) is 12.5 Å². The molecule has 4 aromatic rings. The number of nitrogens with two attached hydrogens (primary N) is 1. The molecule has 0 radical (unpaired) electrons. The minimum absolute atomic E-state index is 0.0203. The third kappa shape index (κ3) is 5.75. The maximum atomic E-state index is 13.2. The van der Waals surface area contributed by atoms with Crippen molar-refractivity contribution < 1.29 is 47.6 Å². The summed E-state index contributed by atoms with van der Waals surface area (Å²) in [5.74, 6) is -0.214. The molecule has 46 heavy (non-hydrogen) atoms. The number of aromatic amines is 1. The SMILES string of the molecule is Nc1nc2c(ncn2[C@@H]2O[C@@H]3COP(O)(=S)O[C@H]4[C@@H](O)[C@H](n5cnc6ccccc6c5=O)O[C@@H]4COP(O)(=S)O[C@H]3[C@H]2O)c(=O)[nH]1. The number of aliphatic hydroxyl groups is 2. The number of fused-ring (bicyclic) bond motifs is 4. The monoisotopic (exact) mass is 717 g/mol. The molecule has 3 fully saturated rings. The van der Waals surface area contributed by atoms with Crippen molar-refractivity contribution in [2.24, 2.45) is 0 Å². The second-order valence-electron chi connectivity index (χ2n) is 10.5. The molecule has 23 heteroatoms. The smallest absolute Gasteiger partial charge is 0.325 e. The molecule has 0 bridgehead atoms. The quantitative estimate of drug-likeness (QED) is 0.134. The average molecular weight is 718 g/mol. The number of nitrogens with zero attached hydrogens (tertiary/aromatic N) is 5. The van der Waals surface area contributed by atoms with Crippen LogP contribution in [0.5, 0.6) is 0 Å². The fourth-order valence-corrected chi connectivity index (χ4v) is 8.41. The molecular formula is C23H25N7O12P2S2. The van der Waals surface area contributed by atoms with Crippen LogP contribution < -0.4 is 16.9 Å². The Bertz CT molecular complexity index is 2050. The normalized spacial score (nSPS) is 37.0. The zero-order valence-corrected chi connectivity index (χ0v) is 26.5. The predicted octanol–water partition coefficient (Wildman–Crippen LogP) is -1.12. The first-order chi connectivity index (χ1) is 21.8. The van der Waals surface area contributed by atoms with Crippen LogP contribution in [-0.4, -0.2) is 98.9 Å². The van der Waals surface area contributed by atoms with E-state index in [2.05, 4.69) is 19.9 Å². The van der Waals surface area contributed by atoms with Gasteiger partial charge in [0.2, 0.25) is 5.95 Å². The Morgan fingerprint density at radius 3 is 2.09 bits per heavy atom. The molecule has 0 amide bonds. The highest BCUT2D eigenvalue weighted by Crippen LogP contribution is 2.53. The molecule has 3 saturated heterocycles. The molecule has 7 N–H and O–H groups in total. The largest absolute Gasteiger partial charge is 0.386 e. The Balaban J connectivity index is 1.17. The van der Waals surface area contributed by atoms with Gasteiger partial charge in [-0.15, -0.1) is 0 Å². The number of nitrogens with one attached hydrogen (secondary N) is 1. The second kappa shape index (κ2) is 11.8. The fourth-order valence-electron chi connectivity index (χ4n) is 5.52. The lowest BCUT2D eigenvalue weighted by atomic mass is 10.1. The first-order valence-corrected chi connectivity index (χ1v) is 18.7. The van der Waals surface area contributed by atoms with Gasteiger partial charge in [0.15, 0.2) is 23.6 Å². The van der Waals surface area contributed by atoms with Gasteiger partial charge in [0.05, 0.1) is 30.4 Å². The van der Waals surface area contributed by atoms with Crippen molar-refractivity contribution in [1.82, 2.24) is 29.1 Å². The Hall–Kier alpha value is -2.59. The van der Waals surface area contributed by atoms with E-state index in [-0.39, 0.29) is 22.5 Å². The van der Waals surface area contributed by atoms with Crippen LogP contribution in [0.4, 0.5) is 5.95 Å². The lowest BCUT2D eigenvalue weighted by molar-refractivity contribution is -0.0607. The summed E-state index contributed by atoms with van der Waals surface area (Å²) >= 11 is 10.4. The number of ether oxygens (including phenoxy) is 2. The Labute approximate surface area is 266 Å². The highest BCUT2D eigenvalue weighted by Gasteiger charge is 2.52. The summed E-state index contributed by atoms with van der Waals surface area (Å²) in [5, 5.41) is 22.8. The van der Waals surface area contributed by atoms with Crippen molar-refractivity contribution in [1.29, 1.82) is 0 Å². The number of imidazole rings is 1. The molecule has 0 aliphatic carbocycles. The van der Waals surface area contributed by atoms with E-state index in [4.69, 9.17) is 56.9 Å². The van der Waals surface area contributed by atoms with E-state index >= 15 is 0 Å². The van der Waals surface area contributed by atoms with Crippen LogP contribution in [0.15, 0.2) is 46.5 Å². The third-order valence-corrected chi connectivity index (χ3v) is 10.7. The van der Waals surface area contributed by atoms with E-state index in [1.165, 1.54) is 17.2 Å². The maximum Gasteiger partial charge on any atom is 0.325 e. The highest BCUT2D eigenvalue weighted by atomic mass is 32.5. The van der Waals surface area contributed by atoms with E-state index in [1.807, 2.05) is 0 Å². The Morgan fingerprint density at radius 1 is 0.891 bits per heavy atom. The predicted molar refractivity (Wildman–Crippen MR) is 163 cm³/mol. The molecule has 19 nitrogen and oxygen atoms in total. The van der Waals surface area contributed by atoms with Gasteiger partial charge in [-0.1, -0.05) is 12.1 Å². The molecule has 246 valence electrons. The van der Waals surface area contributed by atoms with Crippen LogP contribution in [-0.2, 0) is 51.2 Å². The maximum absolute atomic E-state index is 13.2. The minimum atomic E-state index is -4.20. The molecule has 6 heterocycles. The average Bonchev–Trinajstić information content (AvgIpc) is 3.65. The van der Waals surface area contributed by atoms with Gasteiger partial charge < -0.3 is 44.3 Å². The van der Waals surface area contributed by atoms with Crippen LogP contribution in [0, 0.1) is 0 Å². The van der Waals surface area contributed by atoms with Gasteiger partial charge in [0, 0.05) is 0 Å². The molecule has 0 spiro atoms. The van der Waals surface area contributed by atoms with Crippen molar-refractivity contribution in [2.75, 3.05) is 18.9 Å². The lowest BCUT2D eigenvalue weighted by Crippen LogP contribution is -2.39. The first kappa shape index (κ1) is 32.0. The first-order valence-electron chi connectivity index (χ1n) is 13.5. The van der Waals surface area contributed by atoms with Gasteiger partial charge >= 0.3 is 13.4 Å². The van der Waals surface area contributed by atoms with Crippen molar-refractivity contribution in [3.8, 4) is 0 Å². The molecule has 3 aliphatic rings. The summed E-state index contributed by atoms with van der Waals surface area (Å²) in [6.07, 6.45) is -8.85. The molecule has 0 saturated carbocycles. The minimum Gasteiger partial charge on any atom is -0.386 e. The zero-order chi connectivity index (χ0) is 32.5. The van der Waals surface area contributed by atoms with E-state index in [1.54, 1.807) is 24.3 Å². The number of hydrogen-bond donors (Lipinski definition) is 6. The summed E-state index contributed by atoms with van der Waals surface area (Å²) in [6.45, 7) is -9.53. The fraction of sp³-hybridized carbons (Fsp3) is 0.435. The Morgan fingerprint density at radius 2 is 1.46 bits per heavy atom. The van der Waals surface area contributed by atoms with Crippen molar-refractivity contribution in [3.05, 3.63) is 57.6 Å². The summed E-state index contributed by atoms with van der Waals surface area (Å²) in [7, 11) is 0. The summed E-state index contributed by atoms with van der Waals surface area (Å²) in [4.78, 5) is 62.1. The van der Waals surface area contributed by atoms with Crippen LogP contribution in [0.3, 0.4) is 0 Å². The van der Waals surface area contributed by atoms with Crippen molar-refractivity contribution >= 4 is 65.1 Å². The standard InChI is InChI=1S/C23H25N7O12P2S2/c24-23-27-18-13(19(33)28-23)26-8-29(18)21-14(31)16-11(39-21)5-37-44(36,46)42-17-12(6-38-43(35,45)41-16)40-22(15(17)32)30-7-25-10-4-2-1-3-9(10)20(30)34/h1-4,7-8,11-12,14-17,21-22,31-32H,5-6H2,(H,35,45)(H,36,46)(H3,24,27,28,33)/t11-,12-,14-,15-,16-,17-,21-,22-,43?,44?/m1/s1. The van der Waals surface area contributed by atoms with Crippen LogP contribution in [0.2, 0.25) is 0 Å². The van der Waals surface area contributed by atoms with Gasteiger partial charge in [-0.2, -0.15) is 4.98 Å². The van der Waals surface area contributed by atoms with E-state index in [0.29, 0.717) is 5.52 Å². The highest BCUT2D eigenvalue weighted by molar-refractivity contribution is 8.07. The molecule has 7 rings (SSSR count). The van der Waals surface area contributed by atoms with E-state index in [9.17, 15) is 29.6 Å². The summed E-state index contributed by atoms with van der Waals surface area (Å²) in [5.41, 5.74) is 4.84. The molecule has 1 aromatic carbocycles. The number of H-pyrrole nitrogens is 1. The summed E-state index contributed by atoms with van der Waals surface area (Å²) < 4.78 is 36.6. The van der Waals surface area contributed by atoms with Crippen LogP contribution >= 0.6 is 13.4 Å². The lowest BCUT2D eigenvalue weighted by Gasteiger charge is -2.30. The van der Waals surface area contributed by atoms with Gasteiger partial charge in [0.25, 0.3) is 11.1 Å². The Kier molecular flexibility index (Phi) is 8.22. The number of rotatable bonds is 2. The van der Waals surface area contributed by atoms with Crippen molar-refractivity contribution in [3.63, 3.8) is 0 Å². The number of aromatic nitrogens is 6.